The Labute approximate surface area is 193 Å². The van der Waals surface area contributed by atoms with E-state index in [-0.39, 0.29) is 5.56 Å². The van der Waals surface area contributed by atoms with Crippen LogP contribution in [0.25, 0.3) is 27.8 Å². The second kappa shape index (κ2) is 8.22. The molecule has 0 spiro atoms. The second-order valence-electron chi connectivity index (χ2n) is 7.24. The monoisotopic (exact) mass is 464 g/mol. The SMILES string of the molecule is CNc1c(-c2ccc(Cl)cc2Cl)nn2c(=O)c3c(OCc4ccccc4)cccc3[nH]c12. The highest BCUT2D eigenvalue weighted by molar-refractivity contribution is 6.36. The molecule has 2 heterocycles. The van der Waals surface area contributed by atoms with Gasteiger partial charge in [-0.3, -0.25) is 4.79 Å². The van der Waals surface area contributed by atoms with Crippen LogP contribution in [-0.2, 0) is 6.61 Å². The van der Waals surface area contributed by atoms with Crippen LogP contribution < -0.4 is 15.6 Å². The normalized spacial score (nSPS) is 11.2. The van der Waals surface area contributed by atoms with Gasteiger partial charge in [0.25, 0.3) is 5.56 Å². The zero-order valence-electron chi connectivity index (χ0n) is 17.0. The van der Waals surface area contributed by atoms with Crippen LogP contribution in [0.1, 0.15) is 5.56 Å². The number of anilines is 1. The van der Waals surface area contributed by atoms with Crippen molar-refractivity contribution in [3.63, 3.8) is 0 Å². The first kappa shape index (κ1) is 20.4. The zero-order valence-corrected chi connectivity index (χ0v) is 18.5. The molecule has 0 radical (unpaired) electrons. The van der Waals surface area contributed by atoms with Crippen molar-refractivity contribution in [1.29, 1.82) is 0 Å². The molecule has 0 amide bonds. The van der Waals surface area contributed by atoms with Gasteiger partial charge in [-0.15, -0.1) is 0 Å². The number of fused-ring (bicyclic) bond motifs is 2. The lowest BCUT2D eigenvalue weighted by Crippen LogP contribution is -2.16. The molecule has 0 aliphatic rings. The lowest BCUT2D eigenvalue weighted by molar-refractivity contribution is 0.309. The smallest absolute Gasteiger partial charge is 0.286 e. The van der Waals surface area contributed by atoms with Crippen LogP contribution in [0.15, 0.2) is 71.5 Å². The summed E-state index contributed by atoms with van der Waals surface area (Å²) in [6.45, 7) is 0.351. The van der Waals surface area contributed by atoms with E-state index in [1.54, 1.807) is 31.3 Å². The number of halogens is 2. The van der Waals surface area contributed by atoms with Crippen molar-refractivity contribution in [2.24, 2.45) is 0 Å². The highest BCUT2D eigenvalue weighted by Gasteiger charge is 2.20. The number of hydrogen-bond acceptors (Lipinski definition) is 4. The summed E-state index contributed by atoms with van der Waals surface area (Å²) in [6.07, 6.45) is 0. The largest absolute Gasteiger partial charge is 0.488 e. The van der Waals surface area contributed by atoms with Crippen molar-refractivity contribution in [1.82, 2.24) is 14.6 Å². The van der Waals surface area contributed by atoms with Gasteiger partial charge in [0.1, 0.15) is 29.1 Å². The lowest BCUT2D eigenvalue weighted by Gasteiger charge is -2.10. The fourth-order valence-electron chi connectivity index (χ4n) is 3.73. The molecule has 160 valence electrons. The molecule has 0 saturated carbocycles. The van der Waals surface area contributed by atoms with Gasteiger partial charge in [-0.25, -0.2) is 0 Å². The number of aromatic amines is 1. The average Bonchev–Trinajstić information content (AvgIpc) is 3.16. The third-order valence-corrected chi connectivity index (χ3v) is 5.79. The molecule has 0 atom stereocenters. The Morgan fingerprint density at radius 2 is 1.88 bits per heavy atom. The molecule has 0 unspecified atom stereocenters. The van der Waals surface area contributed by atoms with Crippen LogP contribution in [0.4, 0.5) is 5.69 Å². The van der Waals surface area contributed by atoms with Crippen LogP contribution in [0.5, 0.6) is 5.75 Å². The van der Waals surface area contributed by atoms with Crippen molar-refractivity contribution >= 4 is 45.4 Å². The Morgan fingerprint density at radius 3 is 2.62 bits per heavy atom. The van der Waals surface area contributed by atoms with Crippen LogP contribution in [0.3, 0.4) is 0 Å². The van der Waals surface area contributed by atoms with E-state index in [0.29, 0.717) is 55.9 Å². The van der Waals surface area contributed by atoms with E-state index in [0.717, 1.165) is 5.56 Å². The number of ether oxygens (including phenoxy) is 1. The van der Waals surface area contributed by atoms with Crippen molar-refractivity contribution < 1.29 is 4.74 Å². The van der Waals surface area contributed by atoms with E-state index < -0.39 is 0 Å². The number of nitrogens with one attached hydrogen (secondary N) is 2. The minimum Gasteiger partial charge on any atom is -0.488 e. The molecule has 0 fully saturated rings. The fourth-order valence-corrected chi connectivity index (χ4v) is 4.23. The van der Waals surface area contributed by atoms with E-state index in [1.165, 1.54) is 4.52 Å². The summed E-state index contributed by atoms with van der Waals surface area (Å²) >= 11 is 12.5. The van der Waals surface area contributed by atoms with Gasteiger partial charge >= 0.3 is 0 Å². The fraction of sp³-hybridized carbons (Fsp3) is 0.0833. The first-order valence-corrected chi connectivity index (χ1v) is 10.7. The summed E-state index contributed by atoms with van der Waals surface area (Å²) in [4.78, 5) is 16.8. The van der Waals surface area contributed by atoms with Crippen molar-refractivity contribution in [3.05, 3.63) is 92.7 Å². The molecule has 2 N–H and O–H groups in total. The van der Waals surface area contributed by atoms with E-state index >= 15 is 0 Å². The quantitative estimate of drug-likeness (QED) is 0.346. The minimum atomic E-state index is -0.287. The molecule has 0 saturated heterocycles. The summed E-state index contributed by atoms with van der Waals surface area (Å²) in [7, 11) is 1.77. The summed E-state index contributed by atoms with van der Waals surface area (Å²) in [6, 6.07) is 20.4. The van der Waals surface area contributed by atoms with E-state index in [2.05, 4.69) is 15.4 Å². The molecule has 0 aliphatic heterocycles. The van der Waals surface area contributed by atoms with Crippen LogP contribution in [0.2, 0.25) is 10.0 Å². The number of nitrogens with zero attached hydrogens (tertiary/aromatic N) is 2. The Kier molecular flexibility index (Phi) is 5.25. The van der Waals surface area contributed by atoms with Gasteiger partial charge in [-0.05, 0) is 35.9 Å². The third kappa shape index (κ3) is 3.47. The van der Waals surface area contributed by atoms with Gasteiger partial charge in [0.2, 0.25) is 0 Å². The van der Waals surface area contributed by atoms with E-state index in [4.69, 9.17) is 27.9 Å². The van der Waals surface area contributed by atoms with Gasteiger partial charge in [-0.1, -0.05) is 59.6 Å². The molecule has 0 bridgehead atoms. The topological polar surface area (TPSA) is 71.4 Å². The Morgan fingerprint density at radius 1 is 1.06 bits per heavy atom. The van der Waals surface area contributed by atoms with Crippen LogP contribution >= 0.6 is 23.2 Å². The van der Waals surface area contributed by atoms with Crippen molar-refractivity contribution in [3.8, 4) is 17.0 Å². The highest BCUT2D eigenvalue weighted by atomic mass is 35.5. The van der Waals surface area contributed by atoms with Gasteiger partial charge in [0.05, 0.1) is 10.5 Å². The number of hydrogen-bond donors (Lipinski definition) is 2. The van der Waals surface area contributed by atoms with Gasteiger partial charge in [0, 0.05) is 17.6 Å². The Balaban J connectivity index is 1.69. The summed E-state index contributed by atoms with van der Waals surface area (Å²) in [5.41, 5.74) is 3.78. The number of rotatable bonds is 5. The van der Waals surface area contributed by atoms with Gasteiger partial charge in [0.15, 0.2) is 5.65 Å². The van der Waals surface area contributed by atoms with Crippen LogP contribution in [0, 0.1) is 0 Å². The highest BCUT2D eigenvalue weighted by Crippen LogP contribution is 2.36. The molecule has 2 aromatic heterocycles. The summed E-state index contributed by atoms with van der Waals surface area (Å²) < 4.78 is 7.34. The van der Waals surface area contributed by atoms with Gasteiger partial charge in [-0.2, -0.15) is 9.61 Å². The third-order valence-electron chi connectivity index (χ3n) is 5.24. The maximum atomic E-state index is 13.5. The van der Waals surface area contributed by atoms with Gasteiger partial charge < -0.3 is 15.0 Å². The number of H-pyrrole nitrogens is 1. The number of aromatic nitrogens is 3. The molecule has 5 aromatic rings. The average molecular weight is 465 g/mol. The van der Waals surface area contributed by atoms with Crippen molar-refractivity contribution in [2.45, 2.75) is 6.61 Å². The zero-order chi connectivity index (χ0) is 22.2. The molecule has 3 aromatic carbocycles. The van der Waals surface area contributed by atoms with Crippen LogP contribution in [-0.4, -0.2) is 21.6 Å². The van der Waals surface area contributed by atoms with E-state index in [1.807, 2.05) is 42.5 Å². The molecule has 32 heavy (non-hydrogen) atoms. The standard InChI is InChI=1S/C24H18Cl2N4O2/c1-27-22-21(16-11-10-15(25)12-17(16)26)29-30-23(22)28-18-8-5-9-19(20(18)24(30)31)32-13-14-6-3-2-4-7-14/h2-12,27-28H,13H2,1H3. The first-order chi connectivity index (χ1) is 15.6. The predicted molar refractivity (Wildman–Crippen MR) is 129 cm³/mol. The molecule has 6 nitrogen and oxygen atoms in total. The lowest BCUT2D eigenvalue weighted by atomic mass is 10.1. The Bertz CT molecular complexity index is 1510. The molecule has 0 aliphatic carbocycles. The molecular weight excluding hydrogens is 447 g/mol. The van der Waals surface area contributed by atoms with E-state index in [9.17, 15) is 4.79 Å². The molecule has 8 heteroatoms. The Hall–Kier alpha value is -3.48. The summed E-state index contributed by atoms with van der Waals surface area (Å²) in [5, 5.41) is 9.11. The maximum absolute atomic E-state index is 13.5. The number of benzene rings is 3. The predicted octanol–water partition coefficient (Wildman–Crippen LogP) is 5.77. The maximum Gasteiger partial charge on any atom is 0.286 e. The molecular formula is C24H18Cl2N4O2. The second-order valence-corrected chi connectivity index (χ2v) is 8.08. The first-order valence-electron chi connectivity index (χ1n) is 9.94. The summed E-state index contributed by atoms with van der Waals surface area (Å²) in [5.74, 6) is 0.488. The van der Waals surface area contributed by atoms with Crippen molar-refractivity contribution in [2.75, 3.05) is 12.4 Å². The minimum absolute atomic E-state index is 0.287. The molecule has 5 rings (SSSR count).